The van der Waals surface area contributed by atoms with Crippen molar-refractivity contribution in [3.05, 3.63) is 78.2 Å². The van der Waals surface area contributed by atoms with Gasteiger partial charge in [-0.25, -0.2) is 9.37 Å². The van der Waals surface area contributed by atoms with E-state index in [-0.39, 0.29) is 11.7 Å². The molecule has 9 heteroatoms. The van der Waals surface area contributed by atoms with E-state index in [1.807, 2.05) is 42.2 Å². The highest BCUT2D eigenvalue weighted by Crippen LogP contribution is 2.34. The molecule has 1 amide bonds. The molecule has 6 nitrogen and oxygen atoms in total. The van der Waals surface area contributed by atoms with Crippen molar-refractivity contribution in [2.75, 3.05) is 36.8 Å². The molecule has 0 aliphatic carbocycles. The van der Waals surface area contributed by atoms with Gasteiger partial charge in [0, 0.05) is 37.4 Å². The van der Waals surface area contributed by atoms with Gasteiger partial charge in [-0.1, -0.05) is 30.0 Å². The third-order valence-corrected chi connectivity index (χ3v) is 7.99. The van der Waals surface area contributed by atoms with Crippen LogP contribution < -0.4 is 4.90 Å². The fourth-order valence-corrected chi connectivity index (χ4v) is 5.70. The molecule has 178 valence electrons. The summed E-state index contributed by atoms with van der Waals surface area (Å²) in [6.07, 6.45) is 0. The van der Waals surface area contributed by atoms with E-state index < -0.39 is 0 Å². The fraction of sp³-hybridized carbons (Fsp3) is 0.231. The molecular weight excluding hydrogens is 481 g/mol. The first-order valence-corrected chi connectivity index (χ1v) is 13.1. The minimum absolute atomic E-state index is 0.121. The average Bonchev–Trinajstić information content (AvgIpc) is 3.30. The second kappa shape index (κ2) is 10.5. The van der Waals surface area contributed by atoms with Gasteiger partial charge in [-0.2, -0.15) is 0 Å². The van der Waals surface area contributed by atoms with Gasteiger partial charge >= 0.3 is 0 Å². The van der Waals surface area contributed by atoms with Gasteiger partial charge in [0.05, 0.1) is 16.3 Å². The van der Waals surface area contributed by atoms with Gasteiger partial charge in [0.1, 0.15) is 21.5 Å². The lowest BCUT2D eigenvalue weighted by Gasteiger charge is -2.36. The van der Waals surface area contributed by atoms with Gasteiger partial charge in [0.15, 0.2) is 0 Å². The van der Waals surface area contributed by atoms with Gasteiger partial charge in [-0.05, 0) is 55.5 Å². The van der Waals surface area contributed by atoms with Crippen LogP contribution in [0.2, 0.25) is 0 Å². The van der Waals surface area contributed by atoms with Crippen molar-refractivity contribution in [3.8, 4) is 21.1 Å². The summed E-state index contributed by atoms with van der Waals surface area (Å²) in [6, 6.07) is 20.4. The molecule has 0 N–H and O–H groups in total. The van der Waals surface area contributed by atoms with Crippen LogP contribution in [0.5, 0.6) is 0 Å². The van der Waals surface area contributed by atoms with Crippen molar-refractivity contribution in [1.29, 1.82) is 0 Å². The predicted octanol–water partition coefficient (Wildman–Crippen LogP) is 5.16. The summed E-state index contributed by atoms with van der Waals surface area (Å²) in [5, 5.41) is 10.2. The zero-order chi connectivity index (χ0) is 24.2. The number of thioether (sulfide) groups is 1. The highest BCUT2D eigenvalue weighted by atomic mass is 32.2. The number of halogens is 1. The van der Waals surface area contributed by atoms with Crippen molar-refractivity contribution in [1.82, 2.24) is 20.1 Å². The van der Waals surface area contributed by atoms with Crippen LogP contribution in [0.3, 0.4) is 0 Å². The summed E-state index contributed by atoms with van der Waals surface area (Å²) in [7, 11) is 0. The van der Waals surface area contributed by atoms with Crippen LogP contribution in [-0.2, 0) is 4.79 Å². The number of aryl methyl sites for hydroxylation is 1. The molecule has 0 unspecified atom stereocenters. The number of para-hydroxylation sites is 1. The van der Waals surface area contributed by atoms with Crippen molar-refractivity contribution in [2.45, 2.75) is 11.9 Å². The smallest absolute Gasteiger partial charge is 0.233 e. The second-order valence-electron chi connectivity index (χ2n) is 8.19. The molecule has 0 saturated carbocycles. The molecule has 35 heavy (non-hydrogen) atoms. The van der Waals surface area contributed by atoms with E-state index in [1.54, 1.807) is 12.1 Å². The summed E-state index contributed by atoms with van der Waals surface area (Å²) in [4.78, 5) is 22.5. The third kappa shape index (κ3) is 5.52. The van der Waals surface area contributed by atoms with E-state index in [2.05, 4.69) is 32.2 Å². The predicted molar refractivity (Wildman–Crippen MR) is 139 cm³/mol. The van der Waals surface area contributed by atoms with Gasteiger partial charge in [0.25, 0.3) is 0 Å². The largest absolute Gasteiger partial charge is 0.368 e. The Morgan fingerprint density at radius 1 is 0.971 bits per heavy atom. The third-order valence-electron chi connectivity index (χ3n) is 5.86. The molecule has 1 saturated heterocycles. The molecule has 2 aromatic heterocycles. The van der Waals surface area contributed by atoms with Gasteiger partial charge in [-0.15, -0.1) is 21.5 Å². The first-order valence-electron chi connectivity index (χ1n) is 11.3. The fourth-order valence-electron chi connectivity index (χ4n) is 3.95. The van der Waals surface area contributed by atoms with E-state index in [0.717, 1.165) is 53.0 Å². The van der Waals surface area contributed by atoms with Crippen LogP contribution in [-0.4, -0.2) is 57.9 Å². The Bertz CT molecular complexity index is 1290. The maximum Gasteiger partial charge on any atom is 0.233 e. The molecule has 1 aliphatic rings. The van der Waals surface area contributed by atoms with Crippen LogP contribution >= 0.6 is 23.1 Å². The Morgan fingerprint density at radius 2 is 1.71 bits per heavy atom. The number of hydrogen-bond acceptors (Lipinski definition) is 7. The van der Waals surface area contributed by atoms with E-state index in [9.17, 15) is 9.18 Å². The van der Waals surface area contributed by atoms with Crippen LogP contribution in [0.4, 0.5) is 10.1 Å². The summed E-state index contributed by atoms with van der Waals surface area (Å²) in [5.74, 6) is 0.193. The van der Waals surface area contributed by atoms with E-state index >= 15 is 0 Å². The summed E-state index contributed by atoms with van der Waals surface area (Å²) >= 11 is 2.91. The van der Waals surface area contributed by atoms with E-state index in [1.165, 1.54) is 40.9 Å². The molecule has 0 bridgehead atoms. The Morgan fingerprint density at radius 3 is 2.40 bits per heavy atom. The number of benzene rings is 2. The number of amides is 1. The first kappa shape index (κ1) is 23.4. The molecule has 3 heterocycles. The lowest BCUT2D eigenvalue weighted by Crippen LogP contribution is -2.49. The Balaban J connectivity index is 1.16. The first-order chi connectivity index (χ1) is 17.1. The molecular formula is C26H24FN5OS2. The molecule has 0 radical (unpaired) electrons. The molecule has 4 aromatic rings. The quantitative estimate of drug-likeness (QED) is 0.338. The van der Waals surface area contributed by atoms with Crippen molar-refractivity contribution >= 4 is 34.7 Å². The van der Waals surface area contributed by atoms with Crippen LogP contribution in [0.1, 0.15) is 5.69 Å². The highest BCUT2D eigenvalue weighted by Gasteiger charge is 2.21. The van der Waals surface area contributed by atoms with Crippen molar-refractivity contribution in [2.24, 2.45) is 0 Å². The van der Waals surface area contributed by atoms with Crippen molar-refractivity contribution in [3.63, 3.8) is 0 Å². The van der Waals surface area contributed by atoms with Crippen LogP contribution in [0.25, 0.3) is 21.1 Å². The lowest BCUT2D eigenvalue weighted by molar-refractivity contribution is -0.128. The number of aromatic nitrogens is 3. The van der Waals surface area contributed by atoms with Crippen LogP contribution in [0, 0.1) is 12.7 Å². The van der Waals surface area contributed by atoms with Gasteiger partial charge in [0.2, 0.25) is 5.91 Å². The summed E-state index contributed by atoms with van der Waals surface area (Å²) in [5.41, 5.74) is 3.66. The normalized spacial score (nSPS) is 13.8. The lowest BCUT2D eigenvalue weighted by atomic mass is 10.2. The minimum atomic E-state index is -0.269. The number of nitrogens with zero attached hydrogens (tertiary/aromatic N) is 5. The topological polar surface area (TPSA) is 62.2 Å². The summed E-state index contributed by atoms with van der Waals surface area (Å²) in [6.45, 7) is 5.05. The maximum absolute atomic E-state index is 13.2. The number of hydrogen-bond donors (Lipinski definition) is 0. The maximum atomic E-state index is 13.2. The van der Waals surface area contributed by atoms with Gasteiger partial charge < -0.3 is 9.80 Å². The van der Waals surface area contributed by atoms with E-state index in [0.29, 0.717) is 10.8 Å². The number of anilines is 1. The average molecular weight is 506 g/mol. The standard InChI is InChI=1S/C26H24FN5OS2/c1-18-25(35-26(28-18)19-7-9-20(27)10-8-19)22-11-12-23(30-29-22)34-17-24(33)32-15-13-31(14-16-32)21-5-3-2-4-6-21/h2-12H,13-17H2,1H3. The Hall–Kier alpha value is -3.30. The molecule has 1 aliphatic heterocycles. The molecule has 0 spiro atoms. The summed E-state index contributed by atoms with van der Waals surface area (Å²) < 4.78 is 13.2. The van der Waals surface area contributed by atoms with Gasteiger partial charge in [-0.3, -0.25) is 4.79 Å². The monoisotopic (exact) mass is 505 g/mol. The number of carbonyl (C=O) groups is 1. The molecule has 5 rings (SSSR count). The SMILES string of the molecule is Cc1nc(-c2ccc(F)cc2)sc1-c1ccc(SCC(=O)N2CCN(c3ccccc3)CC2)nn1. The Labute approximate surface area is 211 Å². The highest BCUT2D eigenvalue weighted by molar-refractivity contribution is 7.99. The molecule has 0 atom stereocenters. The Kier molecular flexibility index (Phi) is 7.06. The minimum Gasteiger partial charge on any atom is -0.368 e. The van der Waals surface area contributed by atoms with Crippen molar-refractivity contribution < 1.29 is 9.18 Å². The number of piperazine rings is 1. The zero-order valence-corrected chi connectivity index (χ0v) is 20.9. The number of thiazole rings is 1. The number of carbonyl (C=O) groups excluding carboxylic acids is 1. The zero-order valence-electron chi connectivity index (χ0n) is 19.2. The molecule has 2 aromatic carbocycles. The number of rotatable bonds is 6. The molecule has 1 fully saturated rings. The van der Waals surface area contributed by atoms with Crippen LogP contribution in [0.15, 0.2) is 71.8 Å². The second-order valence-corrected chi connectivity index (χ2v) is 10.2. The van der Waals surface area contributed by atoms with E-state index in [4.69, 9.17) is 0 Å².